The summed E-state index contributed by atoms with van der Waals surface area (Å²) in [4.78, 5) is 12.2. The molecule has 0 saturated heterocycles. The van der Waals surface area contributed by atoms with Crippen LogP contribution in [0.1, 0.15) is 5.56 Å². The first-order valence-electron chi connectivity index (χ1n) is 7.58. The maximum Gasteiger partial charge on any atom is 0.201 e. The van der Waals surface area contributed by atoms with Crippen molar-refractivity contribution in [3.8, 4) is 16.3 Å². The molecule has 0 aliphatic heterocycles. The van der Waals surface area contributed by atoms with Gasteiger partial charge in [0.15, 0.2) is 0 Å². The number of hydrogen-bond donors (Lipinski definition) is 2. The van der Waals surface area contributed by atoms with Crippen LogP contribution in [0.3, 0.4) is 0 Å². The van der Waals surface area contributed by atoms with Gasteiger partial charge < -0.3 is 15.0 Å². The van der Waals surface area contributed by atoms with Crippen molar-refractivity contribution in [3.05, 3.63) is 59.6 Å². The Kier molecular flexibility index (Phi) is 3.88. The van der Waals surface area contributed by atoms with Gasteiger partial charge in [0.25, 0.3) is 0 Å². The molecular formula is C18H16N4OS. The zero-order chi connectivity index (χ0) is 16.4. The zero-order valence-corrected chi connectivity index (χ0v) is 13.9. The van der Waals surface area contributed by atoms with E-state index in [-0.39, 0.29) is 0 Å². The fourth-order valence-electron chi connectivity index (χ4n) is 2.52. The number of benzene rings is 2. The van der Waals surface area contributed by atoms with Crippen LogP contribution in [0.4, 0.5) is 5.95 Å². The first kappa shape index (κ1) is 14.7. The van der Waals surface area contributed by atoms with E-state index in [1.165, 1.54) is 5.56 Å². The van der Waals surface area contributed by atoms with E-state index >= 15 is 0 Å². The lowest BCUT2D eigenvalue weighted by Crippen LogP contribution is -2.00. The highest BCUT2D eigenvalue weighted by molar-refractivity contribution is 7.13. The van der Waals surface area contributed by atoms with Crippen molar-refractivity contribution in [1.29, 1.82) is 0 Å². The van der Waals surface area contributed by atoms with Gasteiger partial charge in [-0.25, -0.2) is 9.97 Å². The Labute approximate surface area is 143 Å². The quantitative estimate of drug-likeness (QED) is 0.570. The average molecular weight is 336 g/mol. The van der Waals surface area contributed by atoms with Gasteiger partial charge in [-0.05, 0) is 35.9 Å². The maximum atomic E-state index is 5.17. The Morgan fingerprint density at radius 2 is 2.04 bits per heavy atom. The van der Waals surface area contributed by atoms with Gasteiger partial charge in [0.2, 0.25) is 5.95 Å². The van der Waals surface area contributed by atoms with Crippen LogP contribution in [-0.2, 0) is 6.54 Å². The predicted octanol–water partition coefficient (Wildman–Crippen LogP) is 4.31. The van der Waals surface area contributed by atoms with Gasteiger partial charge in [-0.3, -0.25) is 0 Å². The Hall–Kier alpha value is -2.86. The summed E-state index contributed by atoms with van der Waals surface area (Å²) >= 11 is 1.63. The lowest BCUT2D eigenvalue weighted by atomic mass is 10.2. The molecule has 0 aliphatic carbocycles. The molecule has 0 fully saturated rings. The molecule has 0 unspecified atom stereocenters. The Bertz CT molecular complexity index is 945. The van der Waals surface area contributed by atoms with Gasteiger partial charge in [0, 0.05) is 23.7 Å². The predicted molar refractivity (Wildman–Crippen MR) is 97.5 cm³/mol. The van der Waals surface area contributed by atoms with Crippen LogP contribution >= 0.6 is 11.3 Å². The van der Waals surface area contributed by atoms with Crippen LogP contribution < -0.4 is 10.1 Å². The highest BCUT2D eigenvalue weighted by Crippen LogP contribution is 2.25. The molecule has 0 spiro atoms. The summed E-state index contributed by atoms with van der Waals surface area (Å²) in [5.74, 6) is 1.62. The van der Waals surface area contributed by atoms with Gasteiger partial charge in [0.05, 0.1) is 18.1 Å². The highest BCUT2D eigenvalue weighted by atomic mass is 32.1. The molecule has 0 radical (unpaired) electrons. The summed E-state index contributed by atoms with van der Waals surface area (Å²) in [6.45, 7) is 0.698. The number of imidazole rings is 1. The van der Waals surface area contributed by atoms with Crippen LogP contribution in [0.15, 0.2) is 54.0 Å². The Morgan fingerprint density at radius 3 is 2.79 bits per heavy atom. The van der Waals surface area contributed by atoms with Gasteiger partial charge in [0.1, 0.15) is 10.8 Å². The van der Waals surface area contributed by atoms with E-state index in [1.807, 2.05) is 41.9 Å². The van der Waals surface area contributed by atoms with Crippen molar-refractivity contribution >= 4 is 28.3 Å². The molecular weight excluding hydrogens is 320 g/mol. The van der Waals surface area contributed by atoms with Crippen LogP contribution in [0, 0.1) is 0 Å². The molecule has 0 amide bonds. The van der Waals surface area contributed by atoms with E-state index in [0.717, 1.165) is 33.3 Å². The van der Waals surface area contributed by atoms with Gasteiger partial charge in [-0.1, -0.05) is 12.1 Å². The third-order valence-corrected chi connectivity index (χ3v) is 4.60. The Balaban J connectivity index is 1.52. The summed E-state index contributed by atoms with van der Waals surface area (Å²) in [7, 11) is 1.67. The van der Waals surface area contributed by atoms with Crippen molar-refractivity contribution in [3.63, 3.8) is 0 Å². The van der Waals surface area contributed by atoms with Gasteiger partial charge in [-0.15, -0.1) is 11.3 Å². The molecule has 4 aromatic rings. The molecule has 0 saturated carbocycles. The molecule has 2 aromatic heterocycles. The zero-order valence-electron chi connectivity index (χ0n) is 13.1. The Morgan fingerprint density at radius 1 is 1.17 bits per heavy atom. The lowest BCUT2D eigenvalue weighted by molar-refractivity contribution is 0.414. The smallest absolute Gasteiger partial charge is 0.201 e. The number of ether oxygens (including phenoxy) is 1. The topological polar surface area (TPSA) is 62.8 Å². The number of aromatic amines is 1. The average Bonchev–Trinajstić information content (AvgIpc) is 3.29. The van der Waals surface area contributed by atoms with Crippen LogP contribution in [-0.4, -0.2) is 22.1 Å². The largest absolute Gasteiger partial charge is 0.497 e. The summed E-state index contributed by atoms with van der Waals surface area (Å²) in [5.41, 5.74) is 4.20. The molecule has 2 heterocycles. The monoisotopic (exact) mass is 336 g/mol. The fraction of sp³-hybridized carbons (Fsp3) is 0.111. The number of nitrogens with zero attached hydrogens (tertiary/aromatic N) is 2. The molecule has 5 nitrogen and oxygen atoms in total. The van der Waals surface area contributed by atoms with Gasteiger partial charge >= 0.3 is 0 Å². The minimum atomic E-state index is 0.698. The summed E-state index contributed by atoms with van der Waals surface area (Å²) in [6, 6.07) is 14.1. The number of thiazole rings is 1. The van der Waals surface area contributed by atoms with Crippen molar-refractivity contribution < 1.29 is 4.74 Å². The van der Waals surface area contributed by atoms with Crippen molar-refractivity contribution in [1.82, 2.24) is 15.0 Å². The lowest BCUT2D eigenvalue weighted by Gasteiger charge is -2.04. The number of fused-ring (bicyclic) bond motifs is 1. The molecule has 120 valence electrons. The van der Waals surface area contributed by atoms with E-state index in [1.54, 1.807) is 18.4 Å². The first-order chi connectivity index (χ1) is 11.8. The van der Waals surface area contributed by atoms with Crippen LogP contribution in [0.2, 0.25) is 0 Å². The number of methoxy groups -OCH3 is 1. The highest BCUT2D eigenvalue weighted by Gasteiger charge is 2.06. The second-order valence-electron chi connectivity index (χ2n) is 5.36. The molecule has 4 rings (SSSR count). The van der Waals surface area contributed by atoms with Crippen molar-refractivity contribution in [2.75, 3.05) is 12.4 Å². The molecule has 0 atom stereocenters. The van der Waals surface area contributed by atoms with Gasteiger partial charge in [-0.2, -0.15) is 0 Å². The number of hydrogen-bond acceptors (Lipinski definition) is 5. The van der Waals surface area contributed by atoms with E-state index in [4.69, 9.17) is 4.74 Å². The standard InChI is InChI=1S/C18H16N4OS/c1-23-14-5-2-12(3-6-14)11-20-18-21-15-7-4-13(10-16(15)22-18)17-19-8-9-24-17/h2-10H,11H2,1H3,(H2,20,21,22). The molecule has 0 bridgehead atoms. The van der Waals surface area contributed by atoms with Crippen molar-refractivity contribution in [2.24, 2.45) is 0 Å². The molecule has 6 heteroatoms. The van der Waals surface area contributed by atoms with Crippen LogP contribution in [0.5, 0.6) is 5.75 Å². The second-order valence-corrected chi connectivity index (χ2v) is 6.25. The summed E-state index contributed by atoms with van der Waals surface area (Å²) < 4.78 is 5.17. The molecule has 2 N–H and O–H groups in total. The number of H-pyrrole nitrogens is 1. The summed E-state index contributed by atoms with van der Waals surface area (Å²) in [6.07, 6.45) is 1.82. The molecule has 24 heavy (non-hydrogen) atoms. The SMILES string of the molecule is COc1ccc(CNc2nc3ccc(-c4nccs4)cc3[nH]2)cc1. The first-order valence-corrected chi connectivity index (χ1v) is 8.46. The summed E-state index contributed by atoms with van der Waals surface area (Å²) in [5, 5.41) is 6.32. The number of nitrogens with one attached hydrogen (secondary N) is 2. The number of rotatable bonds is 5. The van der Waals surface area contributed by atoms with Crippen LogP contribution in [0.25, 0.3) is 21.6 Å². The van der Waals surface area contributed by atoms with E-state index < -0.39 is 0 Å². The minimum Gasteiger partial charge on any atom is -0.497 e. The van der Waals surface area contributed by atoms with E-state index in [2.05, 4.69) is 32.4 Å². The maximum absolute atomic E-state index is 5.17. The van der Waals surface area contributed by atoms with Crippen molar-refractivity contribution in [2.45, 2.75) is 6.54 Å². The normalized spacial score (nSPS) is 10.9. The second kappa shape index (κ2) is 6.33. The molecule has 2 aromatic carbocycles. The molecule has 0 aliphatic rings. The fourth-order valence-corrected chi connectivity index (χ4v) is 3.16. The number of aromatic nitrogens is 3. The third-order valence-electron chi connectivity index (χ3n) is 3.78. The van der Waals surface area contributed by atoms with E-state index in [0.29, 0.717) is 6.54 Å². The minimum absolute atomic E-state index is 0.698. The van der Waals surface area contributed by atoms with E-state index in [9.17, 15) is 0 Å². The third kappa shape index (κ3) is 2.96. The number of anilines is 1.